The topological polar surface area (TPSA) is 49.9 Å². The van der Waals surface area contributed by atoms with E-state index in [4.69, 9.17) is 0 Å². The number of carbonyl (C=O) groups is 2. The lowest BCUT2D eigenvalue weighted by Gasteiger charge is -2.24. The molecule has 5 aromatic rings. The molecular formula is C29H19NO2. The molecule has 0 spiro atoms. The number of para-hydroxylation sites is 1. The fourth-order valence-electron chi connectivity index (χ4n) is 5.67. The summed E-state index contributed by atoms with van der Waals surface area (Å²) in [5.74, 6) is -0.140. The van der Waals surface area contributed by atoms with Crippen LogP contribution in [-0.2, 0) is 5.41 Å². The van der Waals surface area contributed by atoms with Gasteiger partial charge in [-0.15, -0.1) is 0 Å². The van der Waals surface area contributed by atoms with Crippen LogP contribution in [0.5, 0.6) is 0 Å². The standard InChI is InChI=1S/C29H19NO2/c1-29(2)23-12-20-15-7-5-6-10-25(15)30-26(20)14-19(23)18-11-21-22(13-24(18)29)28(32)17-9-4-3-8-16(17)27(21)31/h3-14,30H,1-2H3. The largest absolute Gasteiger partial charge is 0.354 e. The molecule has 0 amide bonds. The Labute approximate surface area is 184 Å². The second-order valence-corrected chi connectivity index (χ2v) is 9.39. The fraction of sp³-hybridized carbons (Fsp3) is 0.103. The van der Waals surface area contributed by atoms with E-state index in [1.807, 2.05) is 30.3 Å². The molecule has 7 rings (SSSR count). The molecule has 0 aliphatic heterocycles. The normalized spacial score (nSPS) is 15.6. The summed E-state index contributed by atoms with van der Waals surface area (Å²) in [6.45, 7) is 4.40. The summed E-state index contributed by atoms with van der Waals surface area (Å²) < 4.78 is 0. The first kappa shape index (κ1) is 17.7. The number of hydrogen-bond donors (Lipinski definition) is 1. The van der Waals surface area contributed by atoms with Gasteiger partial charge < -0.3 is 4.98 Å². The first-order valence-electron chi connectivity index (χ1n) is 10.9. The minimum atomic E-state index is -0.271. The lowest BCUT2D eigenvalue weighted by Crippen LogP contribution is -2.22. The highest BCUT2D eigenvalue weighted by molar-refractivity contribution is 6.29. The highest BCUT2D eigenvalue weighted by Crippen LogP contribution is 2.51. The van der Waals surface area contributed by atoms with Gasteiger partial charge >= 0.3 is 0 Å². The molecule has 0 atom stereocenters. The summed E-state index contributed by atoms with van der Waals surface area (Å²) in [5, 5.41) is 2.40. The van der Waals surface area contributed by atoms with E-state index in [0.29, 0.717) is 22.3 Å². The molecule has 0 unspecified atom stereocenters. The van der Waals surface area contributed by atoms with Crippen LogP contribution in [0.3, 0.4) is 0 Å². The number of rotatable bonds is 0. The van der Waals surface area contributed by atoms with Crippen molar-refractivity contribution in [1.29, 1.82) is 0 Å². The molecule has 152 valence electrons. The van der Waals surface area contributed by atoms with Gasteiger partial charge in [0.2, 0.25) is 0 Å². The zero-order valence-corrected chi connectivity index (χ0v) is 17.7. The summed E-state index contributed by atoms with van der Waals surface area (Å²) in [5.41, 5.74) is 8.45. The number of fused-ring (bicyclic) bond motifs is 8. The van der Waals surface area contributed by atoms with Crippen molar-refractivity contribution in [3.05, 3.63) is 106 Å². The zero-order chi connectivity index (χ0) is 21.8. The predicted molar refractivity (Wildman–Crippen MR) is 127 cm³/mol. The van der Waals surface area contributed by atoms with E-state index in [1.54, 1.807) is 12.1 Å². The maximum absolute atomic E-state index is 13.3. The van der Waals surface area contributed by atoms with Crippen LogP contribution in [0.25, 0.3) is 32.9 Å². The molecule has 2 aliphatic rings. The lowest BCUT2D eigenvalue weighted by molar-refractivity contribution is 0.0979. The van der Waals surface area contributed by atoms with Crippen molar-refractivity contribution in [3.63, 3.8) is 0 Å². The second kappa shape index (κ2) is 5.63. The Balaban J connectivity index is 1.53. The third-order valence-electron chi connectivity index (χ3n) is 7.34. The van der Waals surface area contributed by atoms with Gasteiger partial charge in [0.1, 0.15) is 0 Å². The van der Waals surface area contributed by atoms with E-state index >= 15 is 0 Å². The van der Waals surface area contributed by atoms with Crippen LogP contribution in [0.1, 0.15) is 56.8 Å². The van der Waals surface area contributed by atoms with Crippen molar-refractivity contribution < 1.29 is 9.59 Å². The molecule has 2 aliphatic carbocycles. The van der Waals surface area contributed by atoms with Crippen molar-refractivity contribution in [2.75, 3.05) is 0 Å². The van der Waals surface area contributed by atoms with Crippen LogP contribution < -0.4 is 0 Å². The van der Waals surface area contributed by atoms with E-state index < -0.39 is 0 Å². The van der Waals surface area contributed by atoms with Gasteiger partial charge in [0.25, 0.3) is 0 Å². The first-order chi connectivity index (χ1) is 15.4. The Hall–Kier alpha value is -3.98. The molecule has 1 aromatic heterocycles. The Bertz CT molecular complexity index is 1680. The van der Waals surface area contributed by atoms with Crippen LogP contribution in [0, 0.1) is 0 Å². The highest BCUT2D eigenvalue weighted by Gasteiger charge is 2.39. The monoisotopic (exact) mass is 413 g/mol. The SMILES string of the molecule is CC1(C)c2cc3c(cc2-c2cc4[nH]c5ccccc5c4cc21)C(=O)c1ccccc1C3=O. The number of aromatic amines is 1. The van der Waals surface area contributed by atoms with E-state index in [0.717, 1.165) is 27.7 Å². The molecule has 1 heterocycles. The average Bonchev–Trinajstić information content (AvgIpc) is 3.28. The minimum Gasteiger partial charge on any atom is -0.354 e. The Morgan fingerprint density at radius 1 is 0.562 bits per heavy atom. The molecule has 1 N–H and O–H groups in total. The van der Waals surface area contributed by atoms with Gasteiger partial charge in [0.05, 0.1) is 0 Å². The lowest BCUT2D eigenvalue weighted by atomic mass is 9.78. The summed E-state index contributed by atoms with van der Waals surface area (Å²) in [4.78, 5) is 30.1. The summed E-state index contributed by atoms with van der Waals surface area (Å²) in [6.07, 6.45) is 0. The zero-order valence-electron chi connectivity index (χ0n) is 17.7. The molecule has 0 saturated carbocycles. The summed E-state index contributed by atoms with van der Waals surface area (Å²) in [7, 11) is 0. The number of ketones is 2. The van der Waals surface area contributed by atoms with Crippen LogP contribution in [0.15, 0.2) is 72.8 Å². The average molecular weight is 413 g/mol. The van der Waals surface area contributed by atoms with Crippen molar-refractivity contribution in [2.45, 2.75) is 19.3 Å². The molecule has 32 heavy (non-hydrogen) atoms. The molecule has 0 saturated heterocycles. The van der Waals surface area contributed by atoms with Gasteiger partial charge in [-0.2, -0.15) is 0 Å². The van der Waals surface area contributed by atoms with Crippen LogP contribution in [0.2, 0.25) is 0 Å². The van der Waals surface area contributed by atoms with Crippen molar-refractivity contribution in [3.8, 4) is 11.1 Å². The molecule has 4 aromatic carbocycles. The molecule has 3 heteroatoms. The second-order valence-electron chi connectivity index (χ2n) is 9.39. The van der Waals surface area contributed by atoms with E-state index in [9.17, 15) is 9.59 Å². The third-order valence-corrected chi connectivity index (χ3v) is 7.34. The first-order valence-corrected chi connectivity index (χ1v) is 10.9. The number of carbonyl (C=O) groups excluding carboxylic acids is 2. The maximum atomic E-state index is 13.3. The van der Waals surface area contributed by atoms with Crippen molar-refractivity contribution in [2.24, 2.45) is 0 Å². The Morgan fingerprint density at radius 3 is 1.91 bits per heavy atom. The molecule has 0 radical (unpaired) electrons. The van der Waals surface area contributed by atoms with Gasteiger partial charge in [-0.25, -0.2) is 0 Å². The van der Waals surface area contributed by atoms with E-state index in [-0.39, 0.29) is 17.0 Å². The number of nitrogens with one attached hydrogen (secondary N) is 1. The summed E-state index contributed by atoms with van der Waals surface area (Å²) >= 11 is 0. The molecule has 3 nitrogen and oxygen atoms in total. The number of hydrogen-bond acceptors (Lipinski definition) is 2. The van der Waals surface area contributed by atoms with Gasteiger partial charge in [-0.05, 0) is 52.6 Å². The number of aromatic nitrogens is 1. The van der Waals surface area contributed by atoms with Crippen LogP contribution in [0.4, 0.5) is 0 Å². The van der Waals surface area contributed by atoms with Crippen LogP contribution >= 0.6 is 0 Å². The van der Waals surface area contributed by atoms with Gasteiger partial charge in [-0.1, -0.05) is 56.3 Å². The predicted octanol–water partition coefficient (Wildman–Crippen LogP) is 6.40. The quantitative estimate of drug-likeness (QED) is 0.313. The van der Waals surface area contributed by atoms with Crippen molar-refractivity contribution >= 4 is 33.4 Å². The van der Waals surface area contributed by atoms with Gasteiger partial charge in [0.15, 0.2) is 11.6 Å². The minimum absolute atomic E-state index is 0.0668. The molecular weight excluding hydrogens is 394 g/mol. The van der Waals surface area contributed by atoms with Gasteiger partial charge in [-0.3, -0.25) is 9.59 Å². The van der Waals surface area contributed by atoms with Crippen LogP contribution in [-0.4, -0.2) is 16.6 Å². The number of H-pyrrole nitrogens is 1. The number of benzene rings is 4. The maximum Gasteiger partial charge on any atom is 0.194 e. The van der Waals surface area contributed by atoms with E-state index in [2.05, 4.69) is 49.2 Å². The van der Waals surface area contributed by atoms with E-state index in [1.165, 1.54) is 16.3 Å². The third kappa shape index (κ3) is 2.01. The molecule has 0 fully saturated rings. The van der Waals surface area contributed by atoms with Crippen molar-refractivity contribution in [1.82, 2.24) is 4.98 Å². The highest BCUT2D eigenvalue weighted by atomic mass is 16.1. The van der Waals surface area contributed by atoms with Gasteiger partial charge in [0, 0.05) is 49.5 Å². The smallest absolute Gasteiger partial charge is 0.194 e. The Kier molecular flexibility index (Phi) is 3.11. The molecule has 0 bridgehead atoms. The summed E-state index contributed by atoms with van der Waals surface area (Å²) in [6, 6.07) is 23.9. The fourth-order valence-corrected chi connectivity index (χ4v) is 5.67. The Morgan fingerprint density at radius 2 is 1.16 bits per heavy atom.